The summed E-state index contributed by atoms with van der Waals surface area (Å²) < 4.78 is 5.83. The van der Waals surface area contributed by atoms with Crippen LogP contribution in [0.25, 0.3) is 0 Å². The number of para-hydroxylation sites is 1. The van der Waals surface area contributed by atoms with Gasteiger partial charge in [0.15, 0.2) is 0 Å². The van der Waals surface area contributed by atoms with Gasteiger partial charge in [-0.25, -0.2) is 4.79 Å². The third-order valence-electron chi connectivity index (χ3n) is 4.00. The fourth-order valence-corrected chi connectivity index (χ4v) is 2.56. The molecule has 0 amide bonds. The van der Waals surface area contributed by atoms with Crippen LogP contribution in [0.4, 0.5) is 0 Å². The lowest BCUT2D eigenvalue weighted by Gasteiger charge is -2.29. The normalized spacial score (nSPS) is 13.3. The van der Waals surface area contributed by atoms with E-state index in [1.807, 2.05) is 37.3 Å². The third kappa shape index (κ3) is 4.49. The van der Waals surface area contributed by atoms with Crippen LogP contribution in [0.2, 0.25) is 0 Å². The number of carbonyl (C=O) groups is 1. The minimum Gasteiger partial charge on any atom is -0.508 e. The van der Waals surface area contributed by atoms with Gasteiger partial charge in [-0.05, 0) is 55.5 Å². The third-order valence-corrected chi connectivity index (χ3v) is 4.00. The molecular formula is C19H22O4. The maximum absolute atomic E-state index is 11.8. The number of benzene rings is 2. The average Bonchev–Trinajstić information content (AvgIpc) is 2.56. The van der Waals surface area contributed by atoms with Gasteiger partial charge in [0.2, 0.25) is 5.60 Å². The van der Waals surface area contributed by atoms with Crippen LogP contribution < -0.4 is 4.74 Å². The highest BCUT2D eigenvalue weighted by molar-refractivity contribution is 5.77. The van der Waals surface area contributed by atoms with Crippen molar-refractivity contribution in [2.75, 3.05) is 0 Å². The summed E-state index contributed by atoms with van der Waals surface area (Å²) >= 11 is 0. The average molecular weight is 314 g/mol. The summed E-state index contributed by atoms with van der Waals surface area (Å²) in [7, 11) is 0. The van der Waals surface area contributed by atoms with Crippen molar-refractivity contribution >= 4 is 5.97 Å². The Hall–Kier alpha value is -2.49. The van der Waals surface area contributed by atoms with Crippen LogP contribution in [-0.4, -0.2) is 21.8 Å². The lowest BCUT2D eigenvalue weighted by Crippen LogP contribution is -2.44. The highest BCUT2D eigenvalue weighted by atomic mass is 16.5. The molecule has 0 radical (unpaired) electrons. The van der Waals surface area contributed by atoms with Crippen molar-refractivity contribution in [3.05, 3.63) is 60.2 Å². The Morgan fingerprint density at radius 3 is 2.30 bits per heavy atom. The number of aromatic hydroxyl groups is 1. The van der Waals surface area contributed by atoms with Gasteiger partial charge in [0.05, 0.1) is 0 Å². The van der Waals surface area contributed by atoms with E-state index < -0.39 is 11.6 Å². The van der Waals surface area contributed by atoms with Crippen molar-refractivity contribution in [1.82, 2.24) is 0 Å². The molecule has 122 valence electrons. The van der Waals surface area contributed by atoms with Gasteiger partial charge in [-0.15, -0.1) is 0 Å². The molecule has 1 atom stereocenters. The molecule has 4 heteroatoms. The molecule has 2 aromatic rings. The van der Waals surface area contributed by atoms with Gasteiger partial charge in [-0.1, -0.05) is 37.3 Å². The zero-order valence-corrected chi connectivity index (χ0v) is 13.2. The Kier molecular flexibility index (Phi) is 5.63. The second-order valence-electron chi connectivity index (χ2n) is 5.59. The van der Waals surface area contributed by atoms with Crippen molar-refractivity contribution in [3.63, 3.8) is 0 Å². The van der Waals surface area contributed by atoms with Gasteiger partial charge >= 0.3 is 5.97 Å². The van der Waals surface area contributed by atoms with E-state index in [0.29, 0.717) is 25.0 Å². The Balaban J connectivity index is 2.03. The van der Waals surface area contributed by atoms with E-state index in [0.717, 1.165) is 12.0 Å². The molecule has 0 heterocycles. The summed E-state index contributed by atoms with van der Waals surface area (Å²) in [6.07, 6.45) is 2.26. The predicted octanol–water partition coefficient (Wildman–Crippen LogP) is 4.03. The molecule has 2 aromatic carbocycles. The molecule has 2 rings (SSSR count). The zero-order chi connectivity index (χ0) is 16.7. The number of aryl methyl sites for hydroxylation is 1. The Bertz CT molecular complexity index is 622. The summed E-state index contributed by atoms with van der Waals surface area (Å²) in [6, 6.07) is 16.0. The second-order valence-corrected chi connectivity index (χ2v) is 5.59. The van der Waals surface area contributed by atoms with Gasteiger partial charge in [0.25, 0.3) is 0 Å². The highest BCUT2D eigenvalue weighted by Crippen LogP contribution is 2.27. The van der Waals surface area contributed by atoms with E-state index in [-0.39, 0.29) is 5.75 Å². The van der Waals surface area contributed by atoms with Gasteiger partial charge in [-0.2, -0.15) is 0 Å². The standard InChI is InChI=1S/C19H22O4/c1-2-19(18(21)22,23-17-8-4-3-5-9-17)14-6-7-15-10-12-16(20)13-11-15/h3-5,8-13,20H,2,6-7,14H2,1H3,(H,21,22). The van der Waals surface area contributed by atoms with Gasteiger partial charge in [-0.3, -0.25) is 0 Å². The number of aliphatic carboxylic acids is 1. The fraction of sp³-hybridized carbons (Fsp3) is 0.316. The van der Waals surface area contributed by atoms with E-state index in [1.165, 1.54) is 0 Å². The molecule has 0 saturated carbocycles. The van der Waals surface area contributed by atoms with Crippen LogP contribution in [0, 0.1) is 0 Å². The van der Waals surface area contributed by atoms with E-state index in [2.05, 4.69) is 0 Å². The molecule has 0 aliphatic carbocycles. The Labute approximate surface area is 136 Å². The minimum absolute atomic E-state index is 0.231. The van der Waals surface area contributed by atoms with E-state index in [4.69, 9.17) is 4.74 Å². The monoisotopic (exact) mass is 314 g/mol. The molecule has 23 heavy (non-hydrogen) atoms. The van der Waals surface area contributed by atoms with Crippen molar-refractivity contribution in [1.29, 1.82) is 0 Å². The maximum atomic E-state index is 11.8. The first-order valence-corrected chi connectivity index (χ1v) is 7.81. The maximum Gasteiger partial charge on any atom is 0.348 e. The zero-order valence-electron chi connectivity index (χ0n) is 13.2. The second kappa shape index (κ2) is 7.68. The number of phenolic OH excluding ortho intramolecular Hbond substituents is 1. The first-order chi connectivity index (χ1) is 11.1. The summed E-state index contributed by atoms with van der Waals surface area (Å²) in [5.74, 6) is -0.134. The van der Waals surface area contributed by atoms with Gasteiger partial charge in [0, 0.05) is 0 Å². The first-order valence-electron chi connectivity index (χ1n) is 7.81. The number of phenols is 1. The molecule has 0 spiro atoms. The van der Waals surface area contributed by atoms with Crippen molar-refractivity contribution in [2.45, 2.75) is 38.2 Å². The number of carboxylic acids is 1. The van der Waals surface area contributed by atoms with Crippen LogP contribution in [0.5, 0.6) is 11.5 Å². The highest BCUT2D eigenvalue weighted by Gasteiger charge is 2.38. The topological polar surface area (TPSA) is 66.8 Å². The molecule has 0 bridgehead atoms. The van der Waals surface area contributed by atoms with Crippen LogP contribution in [-0.2, 0) is 11.2 Å². The van der Waals surface area contributed by atoms with Crippen LogP contribution >= 0.6 is 0 Å². The summed E-state index contributed by atoms with van der Waals surface area (Å²) in [5, 5.41) is 18.9. The van der Waals surface area contributed by atoms with E-state index in [1.54, 1.807) is 24.3 Å². The Morgan fingerprint density at radius 1 is 1.09 bits per heavy atom. The predicted molar refractivity (Wildman–Crippen MR) is 88.8 cm³/mol. The number of carboxylic acid groups (broad SMARTS) is 1. The SMILES string of the molecule is CCC(CCCc1ccc(O)cc1)(Oc1ccccc1)C(=O)O. The van der Waals surface area contributed by atoms with Gasteiger partial charge < -0.3 is 14.9 Å². The molecular weight excluding hydrogens is 292 g/mol. The molecule has 4 nitrogen and oxygen atoms in total. The summed E-state index contributed by atoms with van der Waals surface area (Å²) in [4.78, 5) is 11.8. The van der Waals surface area contributed by atoms with Crippen molar-refractivity contribution in [2.24, 2.45) is 0 Å². The van der Waals surface area contributed by atoms with Crippen LogP contribution in [0.1, 0.15) is 31.7 Å². The smallest absolute Gasteiger partial charge is 0.348 e. The van der Waals surface area contributed by atoms with Crippen molar-refractivity contribution < 1.29 is 19.7 Å². The van der Waals surface area contributed by atoms with Crippen molar-refractivity contribution in [3.8, 4) is 11.5 Å². The van der Waals surface area contributed by atoms with Gasteiger partial charge in [0.1, 0.15) is 11.5 Å². The lowest BCUT2D eigenvalue weighted by atomic mass is 9.92. The fourth-order valence-electron chi connectivity index (χ4n) is 2.56. The number of ether oxygens (including phenoxy) is 1. The summed E-state index contributed by atoms with van der Waals surface area (Å²) in [5.41, 5.74) is -0.143. The molecule has 0 aliphatic rings. The number of hydrogen-bond donors (Lipinski definition) is 2. The first kappa shape index (κ1) is 16.9. The quantitative estimate of drug-likeness (QED) is 0.772. The lowest BCUT2D eigenvalue weighted by molar-refractivity contribution is -0.156. The number of rotatable bonds is 8. The summed E-state index contributed by atoms with van der Waals surface area (Å²) in [6.45, 7) is 1.83. The number of hydrogen-bond acceptors (Lipinski definition) is 3. The molecule has 1 unspecified atom stereocenters. The molecule has 0 aromatic heterocycles. The van der Waals surface area contributed by atoms with E-state index in [9.17, 15) is 15.0 Å². The Morgan fingerprint density at radius 2 is 1.74 bits per heavy atom. The van der Waals surface area contributed by atoms with Crippen LogP contribution in [0.15, 0.2) is 54.6 Å². The van der Waals surface area contributed by atoms with Crippen LogP contribution in [0.3, 0.4) is 0 Å². The molecule has 0 saturated heterocycles. The molecule has 2 N–H and O–H groups in total. The molecule has 0 fully saturated rings. The van der Waals surface area contributed by atoms with E-state index >= 15 is 0 Å². The minimum atomic E-state index is -1.21. The molecule has 0 aliphatic heterocycles. The largest absolute Gasteiger partial charge is 0.508 e.